The maximum absolute atomic E-state index is 13.3. The zero-order valence-electron chi connectivity index (χ0n) is 10.00. The quantitative estimate of drug-likeness (QED) is 0.830. The number of hydrogen-bond donors (Lipinski definition) is 1. The molecular formula is C14H12BrF2NO. The van der Waals surface area contributed by atoms with Crippen LogP contribution >= 0.6 is 15.9 Å². The third-order valence-corrected chi connectivity index (χ3v) is 2.92. The molecule has 1 N–H and O–H groups in total. The summed E-state index contributed by atoms with van der Waals surface area (Å²) in [5, 5.41) is 3.12. The van der Waals surface area contributed by atoms with E-state index in [0.717, 1.165) is 16.2 Å². The van der Waals surface area contributed by atoms with Crippen LogP contribution in [-0.2, 0) is 0 Å². The fourth-order valence-electron chi connectivity index (χ4n) is 1.55. The van der Waals surface area contributed by atoms with Gasteiger partial charge in [0.05, 0.1) is 0 Å². The molecule has 19 heavy (non-hydrogen) atoms. The third kappa shape index (κ3) is 3.92. The summed E-state index contributed by atoms with van der Waals surface area (Å²) in [5.74, 6) is -1.93. The molecule has 0 heterocycles. The SMILES string of the molecule is Fc1cccc(OCCNc2cccc(Br)c2)c1F. The first-order chi connectivity index (χ1) is 9.16. The minimum atomic E-state index is -0.954. The standard InChI is InChI=1S/C14H12BrF2NO/c15-10-3-1-4-11(9-10)18-7-8-19-13-6-2-5-12(16)14(13)17/h1-6,9,18H,7-8H2. The summed E-state index contributed by atoms with van der Waals surface area (Å²) in [7, 11) is 0. The highest BCUT2D eigenvalue weighted by atomic mass is 79.9. The molecule has 0 saturated carbocycles. The molecular weight excluding hydrogens is 316 g/mol. The van der Waals surface area contributed by atoms with Gasteiger partial charge in [-0.1, -0.05) is 28.1 Å². The average molecular weight is 328 g/mol. The zero-order chi connectivity index (χ0) is 13.7. The van der Waals surface area contributed by atoms with Gasteiger partial charge in [-0.25, -0.2) is 4.39 Å². The van der Waals surface area contributed by atoms with Crippen LogP contribution in [0.3, 0.4) is 0 Å². The maximum atomic E-state index is 13.3. The molecule has 2 rings (SSSR count). The van der Waals surface area contributed by atoms with Gasteiger partial charge in [0.2, 0.25) is 5.82 Å². The largest absolute Gasteiger partial charge is 0.489 e. The molecule has 0 aliphatic rings. The first kappa shape index (κ1) is 13.8. The molecule has 100 valence electrons. The smallest absolute Gasteiger partial charge is 0.200 e. The number of hydrogen-bond acceptors (Lipinski definition) is 2. The highest BCUT2D eigenvalue weighted by Gasteiger charge is 2.07. The summed E-state index contributed by atoms with van der Waals surface area (Å²) in [6.45, 7) is 0.735. The van der Waals surface area contributed by atoms with E-state index in [2.05, 4.69) is 21.2 Å². The second-order valence-electron chi connectivity index (χ2n) is 3.84. The lowest BCUT2D eigenvalue weighted by molar-refractivity contribution is 0.308. The molecule has 0 bridgehead atoms. The molecule has 0 aliphatic heterocycles. The van der Waals surface area contributed by atoms with Gasteiger partial charge in [0.25, 0.3) is 0 Å². The molecule has 0 spiro atoms. The Morgan fingerprint density at radius 3 is 2.68 bits per heavy atom. The Kier molecular flexibility index (Phi) is 4.74. The van der Waals surface area contributed by atoms with Gasteiger partial charge in [0, 0.05) is 16.7 Å². The Labute approximate surface area is 118 Å². The van der Waals surface area contributed by atoms with Crippen molar-refractivity contribution < 1.29 is 13.5 Å². The van der Waals surface area contributed by atoms with Gasteiger partial charge in [0.15, 0.2) is 11.6 Å². The van der Waals surface area contributed by atoms with E-state index in [9.17, 15) is 8.78 Å². The molecule has 0 radical (unpaired) electrons. The van der Waals surface area contributed by atoms with Crippen molar-refractivity contribution in [1.82, 2.24) is 0 Å². The number of anilines is 1. The van der Waals surface area contributed by atoms with Crippen molar-refractivity contribution in [2.45, 2.75) is 0 Å². The van der Waals surface area contributed by atoms with Crippen LogP contribution in [0.5, 0.6) is 5.75 Å². The molecule has 5 heteroatoms. The Morgan fingerprint density at radius 2 is 1.89 bits per heavy atom. The molecule has 0 atom stereocenters. The molecule has 0 aliphatic carbocycles. The molecule has 0 amide bonds. The lowest BCUT2D eigenvalue weighted by Crippen LogP contribution is -2.12. The fraction of sp³-hybridized carbons (Fsp3) is 0.143. The van der Waals surface area contributed by atoms with E-state index in [1.165, 1.54) is 12.1 Å². The second kappa shape index (κ2) is 6.52. The van der Waals surface area contributed by atoms with Crippen LogP contribution in [0.25, 0.3) is 0 Å². The molecule has 2 aromatic rings. The number of nitrogens with one attached hydrogen (secondary N) is 1. The number of ether oxygens (including phenoxy) is 1. The van der Waals surface area contributed by atoms with Crippen LogP contribution in [0.4, 0.5) is 14.5 Å². The summed E-state index contributed by atoms with van der Waals surface area (Å²) >= 11 is 3.36. The van der Waals surface area contributed by atoms with Gasteiger partial charge in [-0.15, -0.1) is 0 Å². The predicted octanol–water partition coefficient (Wildman–Crippen LogP) is 4.22. The summed E-state index contributed by atoms with van der Waals surface area (Å²) in [6.07, 6.45) is 0. The fourth-order valence-corrected chi connectivity index (χ4v) is 1.95. The lowest BCUT2D eigenvalue weighted by Gasteiger charge is -2.09. The van der Waals surface area contributed by atoms with Crippen molar-refractivity contribution in [3.63, 3.8) is 0 Å². The average Bonchev–Trinajstić information content (AvgIpc) is 2.39. The minimum absolute atomic E-state index is 0.0731. The van der Waals surface area contributed by atoms with E-state index in [0.29, 0.717) is 6.54 Å². The molecule has 0 unspecified atom stereocenters. The van der Waals surface area contributed by atoms with Crippen LogP contribution in [0.15, 0.2) is 46.9 Å². The minimum Gasteiger partial charge on any atom is -0.489 e. The Hall–Kier alpha value is -1.62. The predicted molar refractivity (Wildman–Crippen MR) is 74.5 cm³/mol. The van der Waals surface area contributed by atoms with E-state index in [4.69, 9.17) is 4.74 Å². The van der Waals surface area contributed by atoms with E-state index in [-0.39, 0.29) is 12.4 Å². The van der Waals surface area contributed by atoms with E-state index in [1.807, 2.05) is 24.3 Å². The van der Waals surface area contributed by atoms with Crippen molar-refractivity contribution in [2.24, 2.45) is 0 Å². The van der Waals surface area contributed by atoms with Crippen molar-refractivity contribution >= 4 is 21.6 Å². The maximum Gasteiger partial charge on any atom is 0.200 e. The summed E-state index contributed by atoms with van der Waals surface area (Å²) in [5.41, 5.74) is 0.928. The van der Waals surface area contributed by atoms with Crippen LogP contribution < -0.4 is 10.1 Å². The highest BCUT2D eigenvalue weighted by molar-refractivity contribution is 9.10. The molecule has 0 aromatic heterocycles. The van der Waals surface area contributed by atoms with E-state index >= 15 is 0 Å². The van der Waals surface area contributed by atoms with E-state index in [1.54, 1.807) is 0 Å². The van der Waals surface area contributed by atoms with Crippen LogP contribution in [0.1, 0.15) is 0 Å². The Morgan fingerprint density at radius 1 is 1.11 bits per heavy atom. The van der Waals surface area contributed by atoms with Gasteiger partial charge in [0.1, 0.15) is 6.61 Å². The second-order valence-corrected chi connectivity index (χ2v) is 4.75. The molecule has 0 saturated heterocycles. The summed E-state index contributed by atoms with van der Waals surface area (Å²) in [6, 6.07) is 11.5. The summed E-state index contributed by atoms with van der Waals surface area (Å²) < 4.78 is 32.3. The highest BCUT2D eigenvalue weighted by Crippen LogP contribution is 2.19. The van der Waals surface area contributed by atoms with Crippen molar-refractivity contribution in [3.05, 3.63) is 58.6 Å². The van der Waals surface area contributed by atoms with Crippen molar-refractivity contribution in [3.8, 4) is 5.75 Å². The summed E-state index contributed by atoms with van der Waals surface area (Å²) in [4.78, 5) is 0. The van der Waals surface area contributed by atoms with Crippen LogP contribution in [0.2, 0.25) is 0 Å². The molecule has 2 nitrogen and oxygen atoms in total. The third-order valence-electron chi connectivity index (χ3n) is 2.43. The van der Waals surface area contributed by atoms with Gasteiger partial charge in [-0.3, -0.25) is 0 Å². The first-order valence-electron chi connectivity index (χ1n) is 5.73. The van der Waals surface area contributed by atoms with E-state index < -0.39 is 11.6 Å². The molecule has 2 aromatic carbocycles. The van der Waals surface area contributed by atoms with Crippen molar-refractivity contribution in [1.29, 1.82) is 0 Å². The Balaban J connectivity index is 1.82. The van der Waals surface area contributed by atoms with Gasteiger partial charge < -0.3 is 10.1 Å². The lowest BCUT2D eigenvalue weighted by atomic mass is 10.3. The first-order valence-corrected chi connectivity index (χ1v) is 6.52. The van der Waals surface area contributed by atoms with Crippen LogP contribution in [-0.4, -0.2) is 13.2 Å². The monoisotopic (exact) mass is 327 g/mol. The van der Waals surface area contributed by atoms with Gasteiger partial charge in [-0.2, -0.15) is 4.39 Å². The van der Waals surface area contributed by atoms with Gasteiger partial charge >= 0.3 is 0 Å². The normalized spacial score (nSPS) is 10.3. The van der Waals surface area contributed by atoms with Gasteiger partial charge in [-0.05, 0) is 30.3 Å². The molecule has 0 fully saturated rings. The number of rotatable bonds is 5. The number of benzene rings is 2. The van der Waals surface area contributed by atoms with Crippen molar-refractivity contribution in [2.75, 3.05) is 18.5 Å². The Bertz CT molecular complexity index is 563. The van der Waals surface area contributed by atoms with Crippen LogP contribution in [0, 0.1) is 11.6 Å². The topological polar surface area (TPSA) is 21.3 Å². The number of halogens is 3. The zero-order valence-corrected chi connectivity index (χ0v) is 11.6.